The molecule has 2 N–H and O–H groups in total. The molecule has 1 heterocycles. The number of aromatic nitrogens is 2. The highest BCUT2D eigenvalue weighted by Gasteiger charge is 2.17. The van der Waals surface area contributed by atoms with Crippen molar-refractivity contribution in [1.29, 1.82) is 0 Å². The zero-order valence-corrected chi connectivity index (χ0v) is 18.1. The summed E-state index contributed by atoms with van der Waals surface area (Å²) in [4.78, 5) is 41.4. The molecule has 1 aromatic heterocycles. The Bertz CT molecular complexity index is 955. The Hall–Kier alpha value is -2.39. The Morgan fingerprint density at radius 3 is 2.55 bits per heavy atom. The quantitative estimate of drug-likeness (QED) is 0.380. The van der Waals surface area contributed by atoms with Crippen LogP contribution in [-0.2, 0) is 16.1 Å². The summed E-state index contributed by atoms with van der Waals surface area (Å²) < 4.78 is 6.07. The van der Waals surface area contributed by atoms with Gasteiger partial charge in [0.25, 0.3) is 5.56 Å². The van der Waals surface area contributed by atoms with E-state index >= 15 is 0 Å². The van der Waals surface area contributed by atoms with E-state index in [1.165, 1.54) is 29.9 Å². The summed E-state index contributed by atoms with van der Waals surface area (Å²) in [7, 11) is 1.28. The van der Waals surface area contributed by atoms with Gasteiger partial charge < -0.3 is 15.2 Å². The van der Waals surface area contributed by atoms with Gasteiger partial charge in [0.1, 0.15) is 0 Å². The van der Waals surface area contributed by atoms with E-state index in [1.807, 2.05) is 20.8 Å². The van der Waals surface area contributed by atoms with Crippen molar-refractivity contribution >= 4 is 34.5 Å². The number of benzene rings is 1. The van der Waals surface area contributed by atoms with Gasteiger partial charge in [-0.3, -0.25) is 14.2 Å². The number of hydrogen-bond acceptors (Lipinski definition) is 7. The molecule has 1 aromatic carbocycles. The van der Waals surface area contributed by atoms with Gasteiger partial charge in [0.15, 0.2) is 5.16 Å². The van der Waals surface area contributed by atoms with Crippen LogP contribution in [0.15, 0.2) is 28.2 Å². The lowest BCUT2D eigenvalue weighted by molar-refractivity contribution is -0.119. The van der Waals surface area contributed by atoms with Crippen molar-refractivity contribution in [3.05, 3.63) is 34.1 Å². The largest absolute Gasteiger partial charge is 0.465 e. The van der Waals surface area contributed by atoms with E-state index in [1.54, 1.807) is 6.92 Å². The zero-order valence-electron chi connectivity index (χ0n) is 17.3. The molecule has 0 aliphatic heterocycles. The van der Waals surface area contributed by atoms with Gasteiger partial charge in [-0.05, 0) is 38.0 Å². The number of nitrogens with zero attached hydrogens (tertiary/aromatic N) is 2. The molecule has 2 aromatic rings. The number of ether oxygens (including phenoxy) is 1. The fourth-order valence-corrected chi connectivity index (χ4v) is 3.39. The molecule has 158 valence electrons. The first-order chi connectivity index (χ1) is 13.6. The van der Waals surface area contributed by atoms with Crippen molar-refractivity contribution in [2.45, 2.75) is 51.5 Å². The normalized spacial score (nSPS) is 13.3. The van der Waals surface area contributed by atoms with Gasteiger partial charge in [-0.2, -0.15) is 0 Å². The Labute approximate surface area is 173 Å². The molecule has 0 radical (unpaired) electrons. The van der Waals surface area contributed by atoms with E-state index < -0.39 is 12.1 Å². The SMILES string of the molecule is COC(=O)c1ccc2c(=O)n(C[C@H](C)O)c(SCC(=O)N[C@H](C)C(C)C)nc2c1. The molecule has 29 heavy (non-hydrogen) atoms. The summed E-state index contributed by atoms with van der Waals surface area (Å²) >= 11 is 1.11. The number of fused-ring (bicyclic) bond motifs is 1. The Morgan fingerprint density at radius 1 is 1.28 bits per heavy atom. The molecular weight excluding hydrogens is 394 g/mol. The molecule has 8 nitrogen and oxygen atoms in total. The molecule has 0 saturated heterocycles. The predicted octanol–water partition coefficient (Wildman–Crippen LogP) is 1.82. The molecule has 0 aliphatic rings. The third kappa shape index (κ3) is 5.80. The molecule has 0 saturated carbocycles. The second-order valence-electron chi connectivity index (χ2n) is 7.27. The second-order valence-corrected chi connectivity index (χ2v) is 8.21. The standard InChI is InChI=1S/C20H27N3O5S/c1-11(2)13(4)21-17(25)10-29-20-22-16-8-14(19(27)28-5)6-7-15(16)18(26)23(20)9-12(3)24/h6-8,11-13,24H,9-10H2,1-5H3,(H,21,25)/t12-,13+/m0/s1. The number of thioether (sulfide) groups is 1. The number of methoxy groups -OCH3 is 1. The highest BCUT2D eigenvalue weighted by Crippen LogP contribution is 2.20. The summed E-state index contributed by atoms with van der Waals surface area (Å²) in [5, 5.41) is 13.3. The first-order valence-electron chi connectivity index (χ1n) is 9.37. The number of rotatable bonds is 8. The third-order valence-corrected chi connectivity index (χ3v) is 5.49. The molecular formula is C20H27N3O5S. The summed E-state index contributed by atoms with van der Waals surface area (Å²) in [6.07, 6.45) is -0.768. The lowest BCUT2D eigenvalue weighted by Crippen LogP contribution is -2.37. The average Bonchev–Trinajstić information content (AvgIpc) is 2.67. The topological polar surface area (TPSA) is 111 Å². The summed E-state index contributed by atoms with van der Waals surface area (Å²) in [5.41, 5.74) is 0.267. The van der Waals surface area contributed by atoms with Crippen molar-refractivity contribution < 1.29 is 19.4 Å². The number of carbonyl (C=O) groups excluding carboxylic acids is 2. The van der Waals surface area contributed by atoms with E-state index in [4.69, 9.17) is 4.74 Å². The minimum atomic E-state index is -0.768. The summed E-state index contributed by atoms with van der Waals surface area (Å²) in [5.74, 6) is -0.325. The number of amides is 1. The first kappa shape index (κ1) is 22.9. The van der Waals surface area contributed by atoms with Gasteiger partial charge in [-0.15, -0.1) is 0 Å². The molecule has 2 rings (SSSR count). The van der Waals surface area contributed by atoms with Crippen LogP contribution in [0.1, 0.15) is 38.1 Å². The van der Waals surface area contributed by atoms with Gasteiger partial charge in [0.05, 0.1) is 42.0 Å². The van der Waals surface area contributed by atoms with Crippen molar-refractivity contribution in [2.24, 2.45) is 5.92 Å². The van der Waals surface area contributed by atoms with Crippen molar-refractivity contribution in [3.63, 3.8) is 0 Å². The first-order valence-corrected chi connectivity index (χ1v) is 10.4. The lowest BCUT2D eigenvalue weighted by atomic mass is 10.1. The van der Waals surface area contributed by atoms with Gasteiger partial charge in [-0.1, -0.05) is 25.6 Å². The van der Waals surface area contributed by atoms with Crippen LogP contribution < -0.4 is 10.9 Å². The number of aliphatic hydroxyl groups excluding tert-OH is 1. The van der Waals surface area contributed by atoms with Gasteiger partial charge >= 0.3 is 5.97 Å². The molecule has 0 fully saturated rings. The second kappa shape index (κ2) is 9.89. The van der Waals surface area contributed by atoms with E-state index in [0.717, 1.165) is 11.8 Å². The van der Waals surface area contributed by atoms with Crippen LogP contribution in [0.4, 0.5) is 0 Å². The number of hydrogen-bond donors (Lipinski definition) is 2. The van der Waals surface area contributed by atoms with Crippen LogP contribution in [-0.4, -0.2) is 51.5 Å². The van der Waals surface area contributed by atoms with E-state index in [2.05, 4.69) is 10.3 Å². The highest BCUT2D eigenvalue weighted by molar-refractivity contribution is 7.99. The summed E-state index contributed by atoms with van der Waals surface area (Å²) in [6, 6.07) is 4.52. The number of esters is 1. The van der Waals surface area contributed by atoms with Gasteiger partial charge in [0.2, 0.25) is 5.91 Å². The molecule has 0 unspecified atom stereocenters. The number of aliphatic hydroxyl groups is 1. The smallest absolute Gasteiger partial charge is 0.337 e. The Balaban J connectivity index is 2.40. The minimum absolute atomic E-state index is 0.0231. The van der Waals surface area contributed by atoms with Crippen LogP contribution in [0.2, 0.25) is 0 Å². The minimum Gasteiger partial charge on any atom is -0.465 e. The molecule has 0 aliphatic carbocycles. The summed E-state index contributed by atoms with van der Waals surface area (Å²) in [6.45, 7) is 7.58. The number of nitrogens with one attached hydrogen (secondary N) is 1. The van der Waals surface area contributed by atoms with Crippen molar-refractivity contribution in [2.75, 3.05) is 12.9 Å². The molecule has 2 atom stereocenters. The van der Waals surface area contributed by atoms with Crippen LogP contribution in [0, 0.1) is 5.92 Å². The van der Waals surface area contributed by atoms with Gasteiger partial charge in [0, 0.05) is 6.04 Å². The van der Waals surface area contributed by atoms with E-state index in [9.17, 15) is 19.5 Å². The fraction of sp³-hybridized carbons (Fsp3) is 0.500. The predicted molar refractivity (Wildman–Crippen MR) is 112 cm³/mol. The van der Waals surface area contributed by atoms with Gasteiger partial charge in [-0.25, -0.2) is 9.78 Å². The maximum atomic E-state index is 12.9. The van der Waals surface area contributed by atoms with Crippen LogP contribution in [0.25, 0.3) is 10.9 Å². The monoisotopic (exact) mass is 421 g/mol. The lowest BCUT2D eigenvalue weighted by Gasteiger charge is -2.18. The van der Waals surface area contributed by atoms with Crippen LogP contribution >= 0.6 is 11.8 Å². The van der Waals surface area contributed by atoms with Crippen molar-refractivity contribution in [1.82, 2.24) is 14.9 Å². The average molecular weight is 422 g/mol. The maximum absolute atomic E-state index is 12.9. The van der Waals surface area contributed by atoms with E-state index in [0.29, 0.717) is 22.0 Å². The number of carbonyl (C=O) groups is 2. The third-order valence-electron chi connectivity index (χ3n) is 4.51. The maximum Gasteiger partial charge on any atom is 0.337 e. The zero-order chi connectivity index (χ0) is 21.7. The fourth-order valence-electron chi connectivity index (χ4n) is 2.57. The Morgan fingerprint density at radius 2 is 1.97 bits per heavy atom. The van der Waals surface area contributed by atoms with E-state index in [-0.39, 0.29) is 35.4 Å². The van der Waals surface area contributed by atoms with Crippen LogP contribution in [0.3, 0.4) is 0 Å². The highest BCUT2D eigenvalue weighted by atomic mass is 32.2. The molecule has 9 heteroatoms. The molecule has 0 bridgehead atoms. The molecule has 1 amide bonds. The Kier molecular flexibility index (Phi) is 7.80. The van der Waals surface area contributed by atoms with Crippen LogP contribution in [0.5, 0.6) is 0 Å². The van der Waals surface area contributed by atoms with Crippen molar-refractivity contribution in [3.8, 4) is 0 Å². The molecule has 0 spiro atoms.